The van der Waals surface area contributed by atoms with E-state index in [2.05, 4.69) is 5.10 Å². The third-order valence-corrected chi connectivity index (χ3v) is 5.57. The number of hydrogen-bond donors (Lipinski definition) is 1. The summed E-state index contributed by atoms with van der Waals surface area (Å²) >= 11 is 0. The van der Waals surface area contributed by atoms with E-state index in [-0.39, 0.29) is 27.3 Å². The summed E-state index contributed by atoms with van der Waals surface area (Å²) in [4.78, 5) is 11.2. The molecule has 0 amide bonds. The van der Waals surface area contributed by atoms with E-state index in [1.54, 1.807) is 0 Å². The number of aliphatic carboxylic acids is 1. The minimum absolute atomic E-state index is 0.0109. The lowest BCUT2D eigenvalue weighted by Gasteiger charge is -2.12. The molecule has 0 saturated carbocycles. The minimum atomic E-state index is -4.90. The SMILES string of the molecule is COc1ccc(-c2c(-c3ccc(S(C)(=O)=O)cc3)nn(CC(=O)O)c2C(F)(F)F)cc1. The van der Waals surface area contributed by atoms with Gasteiger partial charge in [0, 0.05) is 17.4 Å². The molecule has 2 aromatic carbocycles. The maximum atomic E-state index is 14.0. The van der Waals surface area contributed by atoms with Gasteiger partial charge in [-0.1, -0.05) is 24.3 Å². The number of carboxylic acid groups (broad SMARTS) is 1. The number of hydrogen-bond acceptors (Lipinski definition) is 5. The van der Waals surface area contributed by atoms with Crippen LogP contribution in [0.15, 0.2) is 53.4 Å². The van der Waals surface area contributed by atoms with E-state index in [1.807, 2.05) is 0 Å². The second-order valence-electron chi connectivity index (χ2n) is 6.65. The molecule has 1 heterocycles. The Morgan fingerprint density at radius 2 is 1.61 bits per heavy atom. The van der Waals surface area contributed by atoms with E-state index in [1.165, 1.54) is 55.6 Å². The summed E-state index contributed by atoms with van der Waals surface area (Å²) in [6, 6.07) is 10.9. The van der Waals surface area contributed by atoms with Crippen molar-refractivity contribution < 1.29 is 36.2 Å². The summed E-state index contributed by atoms with van der Waals surface area (Å²) in [6.45, 7) is -1.00. The maximum absolute atomic E-state index is 14.0. The number of benzene rings is 2. The number of rotatable bonds is 6. The Kier molecular flexibility index (Phi) is 5.81. The average molecular weight is 454 g/mol. The van der Waals surface area contributed by atoms with Gasteiger partial charge in [-0.15, -0.1) is 0 Å². The molecule has 1 aromatic heterocycles. The minimum Gasteiger partial charge on any atom is -0.497 e. The van der Waals surface area contributed by atoms with Gasteiger partial charge < -0.3 is 9.84 Å². The molecule has 3 aromatic rings. The first-order valence-corrected chi connectivity index (χ1v) is 10.7. The Labute approximate surface area is 175 Å². The van der Waals surface area contributed by atoms with Crippen LogP contribution in [0.5, 0.6) is 5.75 Å². The van der Waals surface area contributed by atoms with Crippen molar-refractivity contribution in [1.82, 2.24) is 9.78 Å². The molecule has 0 aliphatic heterocycles. The number of nitrogens with zero attached hydrogens (tertiary/aromatic N) is 2. The van der Waals surface area contributed by atoms with Crippen molar-refractivity contribution in [3.8, 4) is 28.1 Å². The smallest absolute Gasteiger partial charge is 0.433 e. The first kappa shape index (κ1) is 22.3. The van der Waals surface area contributed by atoms with E-state index in [9.17, 15) is 26.4 Å². The molecule has 0 bridgehead atoms. The lowest BCUT2D eigenvalue weighted by atomic mass is 9.98. The van der Waals surface area contributed by atoms with Gasteiger partial charge in [-0.25, -0.2) is 13.1 Å². The van der Waals surface area contributed by atoms with Crippen molar-refractivity contribution in [1.29, 1.82) is 0 Å². The Morgan fingerprint density at radius 1 is 1.06 bits per heavy atom. The molecule has 7 nitrogen and oxygen atoms in total. The predicted octanol–water partition coefficient (Wildman–Crippen LogP) is 3.73. The van der Waals surface area contributed by atoms with Crippen LogP contribution < -0.4 is 4.74 Å². The fraction of sp³-hybridized carbons (Fsp3) is 0.200. The molecule has 1 N–H and O–H groups in total. The summed E-state index contributed by atoms with van der Waals surface area (Å²) < 4.78 is 70.8. The highest BCUT2D eigenvalue weighted by atomic mass is 32.2. The zero-order chi connectivity index (χ0) is 23.0. The number of aromatic nitrogens is 2. The molecule has 31 heavy (non-hydrogen) atoms. The van der Waals surface area contributed by atoms with Crippen LogP contribution in [0.2, 0.25) is 0 Å². The number of ether oxygens (including phenoxy) is 1. The summed E-state index contributed by atoms with van der Waals surface area (Å²) in [5, 5.41) is 13.0. The monoisotopic (exact) mass is 454 g/mol. The summed E-state index contributed by atoms with van der Waals surface area (Å²) in [6.07, 6.45) is -3.89. The molecule has 0 unspecified atom stereocenters. The third kappa shape index (κ3) is 4.71. The first-order valence-electron chi connectivity index (χ1n) is 8.76. The van der Waals surface area contributed by atoms with E-state index in [0.717, 1.165) is 6.26 Å². The summed E-state index contributed by atoms with van der Waals surface area (Å²) in [5.74, 6) is -1.07. The third-order valence-electron chi connectivity index (χ3n) is 4.44. The second kappa shape index (κ2) is 8.06. The Hall–Kier alpha value is -3.34. The van der Waals surface area contributed by atoms with Crippen molar-refractivity contribution in [2.24, 2.45) is 0 Å². The van der Waals surface area contributed by atoms with Crippen LogP contribution in [0.1, 0.15) is 5.69 Å². The average Bonchev–Trinajstić information content (AvgIpc) is 3.06. The second-order valence-corrected chi connectivity index (χ2v) is 8.66. The molecule has 3 rings (SSSR count). The number of alkyl halides is 3. The Bertz CT molecular complexity index is 1220. The van der Waals surface area contributed by atoms with Crippen LogP contribution >= 0.6 is 0 Å². The van der Waals surface area contributed by atoms with Crippen LogP contribution in [0.4, 0.5) is 13.2 Å². The highest BCUT2D eigenvalue weighted by molar-refractivity contribution is 7.90. The van der Waals surface area contributed by atoms with Crippen molar-refractivity contribution in [2.75, 3.05) is 13.4 Å². The Morgan fingerprint density at radius 3 is 2.06 bits per heavy atom. The zero-order valence-corrected chi connectivity index (χ0v) is 17.2. The molecule has 0 aliphatic rings. The van der Waals surface area contributed by atoms with Gasteiger partial charge in [-0.3, -0.25) is 4.79 Å². The summed E-state index contributed by atoms with van der Waals surface area (Å²) in [5.41, 5.74) is -1.32. The molecular weight excluding hydrogens is 437 g/mol. The molecule has 0 atom stereocenters. The number of methoxy groups -OCH3 is 1. The molecule has 0 aliphatic carbocycles. The lowest BCUT2D eigenvalue weighted by molar-refractivity contribution is -0.146. The van der Waals surface area contributed by atoms with Crippen molar-refractivity contribution in [3.63, 3.8) is 0 Å². The zero-order valence-electron chi connectivity index (χ0n) is 16.3. The Balaban J connectivity index is 2.31. The highest BCUT2D eigenvalue weighted by Crippen LogP contribution is 2.43. The van der Waals surface area contributed by atoms with Crippen molar-refractivity contribution in [2.45, 2.75) is 17.6 Å². The van der Waals surface area contributed by atoms with Gasteiger partial charge in [0.05, 0.1) is 12.0 Å². The van der Waals surface area contributed by atoms with Gasteiger partial charge in [0.25, 0.3) is 0 Å². The summed E-state index contributed by atoms with van der Waals surface area (Å²) in [7, 11) is -2.10. The molecule has 0 spiro atoms. The van der Waals surface area contributed by atoms with Crippen LogP contribution in [-0.4, -0.2) is 42.6 Å². The van der Waals surface area contributed by atoms with Crippen LogP contribution in [0, 0.1) is 0 Å². The van der Waals surface area contributed by atoms with Gasteiger partial charge in [0.1, 0.15) is 18.0 Å². The topological polar surface area (TPSA) is 98.5 Å². The molecule has 164 valence electrons. The van der Waals surface area contributed by atoms with E-state index in [4.69, 9.17) is 9.84 Å². The number of carboxylic acids is 1. The standard InChI is InChI=1S/C20H17F3N2O5S/c1-30-14-7-3-12(4-8-14)17-18(13-5-9-15(10-6-13)31(2,28)29)24-25(11-16(26)27)19(17)20(21,22)23/h3-10H,11H2,1-2H3,(H,26,27). The van der Waals surface area contributed by atoms with Crippen LogP contribution in [0.25, 0.3) is 22.4 Å². The van der Waals surface area contributed by atoms with Crippen LogP contribution in [0.3, 0.4) is 0 Å². The lowest BCUT2D eigenvalue weighted by Crippen LogP contribution is -2.19. The fourth-order valence-electron chi connectivity index (χ4n) is 3.09. The van der Waals surface area contributed by atoms with Crippen LogP contribution in [-0.2, 0) is 27.4 Å². The van der Waals surface area contributed by atoms with Gasteiger partial charge in [0.15, 0.2) is 15.5 Å². The van der Waals surface area contributed by atoms with Gasteiger partial charge in [0.2, 0.25) is 0 Å². The molecule has 0 fully saturated rings. The fourth-order valence-corrected chi connectivity index (χ4v) is 3.72. The first-order chi connectivity index (χ1) is 14.4. The van der Waals surface area contributed by atoms with Crippen molar-refractivity contribution >= 4 is 15.8 Å². The van der Waals surface area contributed by atoms with Gasteiger partial charge in [-0.05, 0) is 29.8 Å². The number of carbonyl (C=O) groups is 1. The normalized spacial score (nSPS) is 12.0. The van der Waals surface area contributed by atoms with E-state index in [0.29, 0.717) is 10.4 Å². The molecule has 11 heteroatoms. The molecule has 0 saturated heterocycles. The van der Waals surface area contributed by atoms with E-state index < -0.39 is 34.2 Å². The maximum Gasteiger partial charge on any atom is 0.433 e. The van der Waals surface area contributed by atoms with E-state index >= 15 is 0 Å². The largest absolute Gasteiger partial charge is 0.497 e. The van der Waals surface area contributed by atoms with Crippen molar-refractivity contribution in [3.05, 3.63) is 54.2 Å². The predicted molar refractivity (Wildman–Crippen MR) is 105 cm³/mol. The van der Waals surface area contributed by atoms with Gasteiger partial charge in [-0.2, -0.15) is 18.3 Å². The number of sulfone groups is 1. The molecular formula is C20H17F3N2O5S. The highest BCUT2D eigenvalue weighted by Gasteiger charge is 2.41. The molecule has 0 radical (unpaired) electrons. The number of halogens is 3. The van der Waals surface area contributed by atoms with Gasteiger partial charge >= 0.3 is 12.1 Å². The quantitative estimate of drug-likeness (QED) is 0.610.